The van der Waals surface area contributed by atoms with E-state index in [1.807, 2.05) is 12.4 Å². The fourth-order valence-electron chi connectivity index (χ4n) is 2.27. The number of aliphatic imine (C=N–C) groups is 2. The first-order valence-corrected chi connectivity index (χ1v) is 8.49. The van der Waals surface area contributed by atoms with Crippen LogP contribution in [0.2, 0.25) is 0 Å². The van der Waals surface area contributed by atoms with Crippen LogP contribution in [-0.2, 0) is 12.8 Å². The highest BCUT2D eigenvalue weighted by Gasteiger charge is 1.91. The Morgan fingerprint density at radius 1 is 0.652 bits per heavy atom. The summed E-state index contributed by atoms with van der Waals surface area (Å²) in [6.45, 7) is 5.98. The number of hydrogen-bond acceptors (Lipinski definition) is 2. The third-order valence-electron chi connectivity index (χ3n) is 3.83. The molecule has 2 rings (SSSR count). The van der Waals surface area contributed by atoms with Gasteiger partial charge in [-0.05, 0) is 41.5 Å². The van der Waals surface area contributed by atoms with Crippen LogP contribution in [0.4, 0.5) is 0 Å². The molecule has 120 valence electrons. The highest BCUT2D eigenvalue weighted by atomic mass is 14.7. The van der Waals surface area contributed by atoms with E-state index in [2.05, 4.69) is 72.4 Å². The Labute approximate surface area is 140 Å². The normalized spacial score (nSPS) is 11.6. The molecular weight excluding hydrogens is 280 g/mol. The summed E-state index contributed by atoms with van der Waals surface area (Å²) in [4.78, 5) is 8.93. The van der Waals surface area contributed by atoms with E-state index in [1.165, 1.54) is 22.3 Å². The van der Waals surface area contributed by atoms with Crippen LogP contribution in [0.15, 0.2) is 58.5 Å². The van der Waals surface area contributed by atoms with Crippen molar-refractivity contribution in [3.05, 3.63) is 70.8 Å². The zero-order valence-electron chi connectivity index (χ0n) is 14.2. The Morgan fingerprint density at radius 2 is 1.04 bits per heavy atom. The van der Waals surface area contributed by atoms with Gasteiger partial charge in [-0.3, -0.25) is 9.98 Å². The lowest BCUT2D eigenvalue weighted by Crippen LogP contribution is -1.90. The summed E-state index contributed by atoms with van der Waals surface area (Å²) in [5.41, 5.74) is 5.07. The van der Waals surface area contributed by atoms with Crippen LogP contribution in [0.25, 0.3) is 0 Å². The van der Waals surface area contributed by atoms with E-state index in [9.17, 15) is 0 Å². The van der Waals surface area contributed by atoms with Gasteiger partial charge in [-0.1, -0.05) is 62.4 Å². The van der Waals surface area contributed by atoms with Crippen LogP contribution in [0.3, 0.4) is 0 Å². The van der Waals surface area contributed by atoms with Gasteiger partial charge >= 0.3 is 0 Å². The van der Waals surface area contributed by atoms with E-state index in [1.54, 1.807) is 0 Å². The molecule has 0 unspecified atom stereocenters. The predicted molar refractivity (Wildman–Crippen MR) is 101 cm³/mol. The summed E-state index contributed by atoms with van der Waals surface area (Å²) in [5, 5.41) is 0. The number of rotatable bonds is 8. The molecule has 2 aromatic carbocycles. The van der Waals surface area contributed by atoms with Crippen LogP contribution in [0.5, 0.6) is 0 Å². The second-order valence-corrected chi connectivity index (χ2v) is 5.61. The van der Waals surface area contributed by atoms with Crippen molar-refractivity contribution < 1.29 is 0 Å². The van der Waals surface area contributed by atoms with Crippen molar-refractivity contribution in [1.82, 2.24) is 0 Å². The molecule has 0 heterocycles. The quantitative estimate of drug-likeness (QED) is 0.497. The fourth-order valence-corrected chi connectivity index (χ4v) is 2.27. The van der Waals surface area contributed by atoms with Crippen molar-refractivity contribution in [2.75, 3.05) is 13.1 Å². The van der Waals surface area contributed by atoms with E-state index < -0.39 is 0 Å². The fraction of sp³-hybridized carbons (Fsp3) is 0.333. The number of aryl methyl sites for hydroxylation is 2. The first-order chi connectivity index (χ1) is 11.3. The first-order valence-electron chi connectivity index (χ1n) is 8.49. The second-order valence-electron chi connectivity index (χ2n) is 5.61. The van der Waals surface area contributed by atoms with E-state index in [0.717, 1.165) is 32.4 Å². The summed E-state index contributed by atoms with van der Waals surface area (Å²) < 4.78 is 0. The highest BCUT2D eigenvalue weighted by molar-refractivity contribution is 5.80. The summed E-state index contributed by atoms with van der Waals surface area (Å²) in [5.74, 6) is 0. The minimum Gasteiger partial charge on any atom is -0.292 e. The molecule has 0 spiro atoms. The van der Waals surface area contributed by atoms with Gasteiger partial charge in [-0.2, -0.15) is 0 Å². The molecule has 2 nitrogen and oxygen atoms in total. The maximum Gasteiger partial charge on any atom is 0.0407 e. The van der Waals surface area contributed by atoms with Gasteiger partial charge < -0.3 is 0 Å². The standard InChI is InChI=1S/C21H26N2/c1-3-18-6-10-20(11-7-18)16-22-14-5-15-23-17-21-12-8-19(4-2)9-13-21/h6-13,16-17H,3-5,14-15H2,1-2H3. The minimum atomic E-state index is 0.821. The minimum absolute atomic E-state index is 0.821. The molecule has 0 amide bonds. The van der Waals surface area contributed by atoms with E-state index in [4.69, 9.17) is 0 Å². The molecule has 2 heteroatoms. The number of benzene rings is 2. The highest BCUT2D eigenvalue weighted by Crippen LogP contribution is 2.04. The molecule has 0 N–H and O–H groups in total. The van der Waals surface area contributed by atoms with Gasteiger partial charge in [-0.15, -0.1) is 0 Å². The summed E-state index contributed by atoms with van der Waals surface area (Å²) in [6.07, 6.45) is 7.04. The van der Waals surface area contributed by atoms with Crippen molar-refractivity contribution in [2.45, 2.75) is 33.1 Å². The molecule has 0 saturated carbocycles. The zero-order chi connectivity index (χ0) is 16.3. The lowest BCUT2D eigenvalue weighted by atomic mass is 10.1. The molecule has 0 radical (unpaired) electrons. The average Bonchev–Trinajstić information content (AvgIpc) is 2.62. The van der Waals surface area contributed by atoms with Crippen molar-refractivity contribution in [2.24, 2.45) is 9.98 Å². The Balaban J connectivity index is 1.68. The average molecular weight is 306 g/mol. The molecule has 0 aliphatic rings. The largest absolute Gasteiger partial charge is 0.292 e. The maximum atomic E-state index is 4.47. The van der Waals surface area contributed by atoms with Crippen molar-refractivity contribution in [3.63, 3.8) is 0 Å². The zero-order valence-corrected chi connectivity index (χ0v) is 14.2. The molecule has 0 bridgehead atoms. The van der Waals surface area contributed by atoms with Crippen LogP contribution in [0.1, 0.15) is 42.5 Å². The van der Waals surface area contributed by atoms with Crippen molar-refractivity contribution in [3.8, 4) is 0 Å². The van der Waals surface area contributed by atoms with Gasteiger partial charge in [0.25, 0.3) is 0 Å². The van der Waals surface area contributed by atoms with Crippen LogP contribution >= 0.6 is 0 Å². The molecule has 0 saturated heterocycles. The van der Waals surface area contributed by atoms with Crippen LogP contribution in [0, 0.1) is 0 Å². The smallest absolute Gasteiger partial charge is 0.0407 e. The molecule has 0 aliphatic heterocycles. The monoisotopic (exact) mass is 306 g/mol. The lowest BCUT2D eigenvalue weighted by molar-refractivity contribution is 0.851. The molecule has 0 atom stereocenters. The van der Waals surface area contributed by atoms with Gasteiger partial charge in [0, 0.05) is 25.5 Å². The Morgan fingerprint density at radius 3 is 1.39 bits per heavy atom. The number of nitrogens with zero attached hydrogens (tertiary/aromatic N) is 2. The van der Waals surface area contributed by atoms with Crippen LogP contribution < -0.4 is 0 Å². The van der Waals surface area contributed by atoms with Crippen molar-refractivity contribution >= 4 is 12.4 Å². The van der Waals surface area contributed by atoms with E-state index in [0.29, 0.717) is 0 Å². The summed E-state index contributed by atoms with van der Waals surface area (Å²) in [7, 11) is 0. The first kappa shape index (κ1) is 17.1. The Bertz CT molecular complexity index is 564. The molecule has 23 heavy (non-hydrogen) atoms. The van der Waals surface area contributed by atoms with E-state index in [-0.39, 0.29) is 0 Å². The van der Waals surface area contributed by atoms with Gasteiger partial charge in [0.1, 0.15) is 0 Å². The molecule has 2 aromatic rings. The summed E-state index contributed by atoms with van der Waals surface area (Å²) in [6, 6.07) is 17.2. The van der Waals surface area contributed by atoms with Crippen molar-refractivity contribution in [1.29, 1.82) is 0 Å². The molecular formula is C21H26N2. The second kappa shape index (κ2) is 9.73. The predicted octanol–water partition coefficient (Wildman–Crippen LogP) is 4.74. The van der Waals surface area contributed by atoms with Gasteiger partial charge in [-0.25, -0.2) is 0 Å². The third-order valence-corrected chi connectivity index (χ3v) is 3.83. The van der Waals surface area contributed by atoms with E-state index >= 15 is 0 Å². The Hall–Kier alpha value is -2.22. The number of hydrogen-bond donors (Lipinski definition) is 0. The Kier molecular flexibility index (Phi) is 7.25. The van der Waals surface area contributed by atoms with Crippen LogP contribution in [-0.4, -0.2) is 25.5 Å². The van der Waals surface area contributed by atoms with Gasteiger partial charge in [0.2, 0.25) is 0 Å². The molecule has 0 aliphatic carbocycles. The third kappa shape index (κ3) is 6.19. The maximum absolute atomic E-state index is 4.47. The summed E-state index contributed by atoms with van der Waals surface area (Å²) >= 11 is 0. The topological polar surface area (TPSA) is 24.7 Å². The van der Waals surface area contributed by atoms with Gasteiger partial charge in [0.05, 0.1) is 0 Å². The van der Waals surface area contributed by atoms with Gasteiger partial charge in [0.15, 0.2) is 0 Å². The lowest BCUT2D eigenvalue weighted by Gasteiger charge is -1.98. The molecule has 0 fully saturated rings. The molecule has 0 aromatic heterocycles. The SMILES string of the molecule is CCc1ccc(C=NCCCN=Cc2ccc(CC)cc2)cc1.